The second-order valence-corrected chi connectivity index (χ2v) is 14.7. The number of hydrogen-bond donors (Lipinski definition) is 3. The Labute approximate surface area is 263 Å². The molecule has 0 radical (unpaired) electrons. The molecule has 4 rings (SSSR count). The fourth-order valence-corrected chi connectivity index (χ4v) is 9.20. The lowest BCUT2D eigenvalue weighted by atomic mass is 9.59. The Balaban J connectivity index is 1.51. The number of ketones is 1. The van der Waals surface area contributed by atoms with E-state index in [1.54, 1.807) is 26.0 Å². The summed E-state index contributed by atoms with van der Waals surface area (Å²) in [6.07, 6.45) is 15.4. The minimum absolute atomic E-state index is 0.108. The Bertz CT molecular complexity index is 1150. The zero-order valence-electron chi connectivity index (χ0n) is 27.8. The van der Waals surface area contributed by atoms with Gasteiger partial charge in [0.15, 0.2) is 11.4 Å². The van der Waals surface area contributed by atoms with E-state index in [0.29, 0.717) is 17.6 Å². The molecule has 8 atom stereocenters. The van der Waals surface area contributed by atoms with Crippen molar-refractivity contribution in [3.8, 4) is 0 Å². The average molecular weight is 617 g/mol. The van der Waals surface area contributed by atoms with Crippen molar-refractivity contribution in [3.63, 3.8) is 0 Å². The normalized spacial score (nSPS) is 36.8. The largest absolute Gasteiger partial charge is 0.458 e. The van der Waals surface area contributed by atoms with Gasteiger partial charge in [-0.25, -0.2) is 0 Å². The molecule has 0 amide bonds. The summed E-state index contributed by atoms with van der Waals surface area (Å²) in [7, 11) is 0. The van der Waals surface area contributed by atoms with E-state index in [-0.39, 0.29) is 19.4 Å². The van der Waals surface area contributed by atoms with Crippen molar-refractivity contribution in [2.24, 2.45) is 29.1 Å². The first-order valence-corrected chi connectivity index (χ1v) is 17.1. The van der Waals surface area contributed by atoms with Crippen molar-refractivity contribution in [1.82, 2.24) is 0 Å². The second kappa shape index (κ2) is 13.4. The van der Waals surface area contributed by atoms with Gasteiger partial charge in [-0.1, -0.05) is 104 Å². The van der Waals surface area contributed by atoms with Gasteiger partial charge in [0.1, 0.15) is 11.7 Å². The van der Waals surface area contributed by atoms with Crippen molar-refractivity contribution < 1.29 is 39.2 Å². The number of carbonyl (C=O) groups is 3. The molecule has 8 heteroatoms. The van der Waals surface area contributed by atoms with Crippen LogP contribution < -0.4 is 0 Å². The molecule has 8 nitrogen and oxygen atoms in total. The summed E-state index contributed by atoms with van der Waals surface area (Å²) in [5, 5.41) is 34.8. The molecule has 0 aromatic rings. The molecule has 248 valence electrons. The smallest absolute Gasteiger partial charge is 0.306 e. The summed E-state index contributed by atoms with van der Waals surface area (Å²) in [6.45, 7) is 10.4. The van der Waals surface area contributed by atoms with Gasteiger partial charge in [-0.3, -0.25) is 14.4 Å². The standard InChI is InChI=1S/C36H56O8/c1-7-8-9-10-11-12-13-14-15-16-17-18-29(39)43-32-24(3)35(42)27(30-33(5,6)36(30,32)44-25(4)38)20-26(22-37)21-34(41)28(35)19-23(2)31(34)40/h19-20,24,27-28,30,32,37,41-42H,7-18,21-22H2,1-6H3/t24-,27-,28+,30+,32-,34+,35-,36+/m0/s1. The topological polar surface area (TPSA) is 130 Å². The molecule has 0 heterocycles. The molecule has 0 bridgehead atoms. The first kappa shape index (κ1) is 34.8. The Morgan fingerprint density at radius 1 is 0.955 bits per heavy atom. The van der Waals surface area contributed by atoms with Crippen LogP contribution in [0, 0.1) is 29.1 Å². The lowest BCUT2D eigenvalue weighted by Gasteiger charge is -2.53. The van der Waals surface area contributed by atoms with E-state index in [1.165, 1.54) is 51.9 Å². The number of aliphatic hydroxyl groups excluding tert-OH is 1. The SMILES string of the molecule is CCCCCCCCCCCCCC(=O)O[C@H]1[C@H](C)[C@]2(O)[C@@H](C=C(CO)C[C@]3(O)C(=O)C(C)=C[C@@H]23)[C@@H]2C(C)(C)[C@@]21OC(C)=O. The molecule has 0 aliphatic heterocycles. The van der Waals surface area contributed by atoms with Crippen LogP contribution in [-0.2, 0) is 23.9 Å². The monoisotopic (exact) mass is 616 g/mol. The fourth-order valence-electron chi connectivity index (χ4n) is 9.20. The van der Waals surface area contributed by atoms with Gasteiger partial charge in [0.2, 0.25) is 0 Å². The molecule has 0 aromatic heterocycles. The van der Waals surface area contributed by atoms with Gasteiger partial charge in [-0.2, -0.15) is 0 Å². The van der Waals surface area contributed by atoms with Crippen LogP contribution in [0.4, 0.5) is 0 Å². The predicted octanol–water partition coefficient (Wildman–Crippen LogP) is 5.75. The summed E-state index contributed by atoms with van der Waals surface area (Å²) in [5.41, 5.74) is -4.71. The lowest BCUT2D eigenvalue weighted by Crippen LogP contribution is -2.66. The maximum atomic E-state index is 13.3. The fraction of sp³-hybridized carbons (Fsp3) is 0.806. The molecular formula is C36H56O8. The maximum absolute atomic E-state index is 13.3. The average Bonchev–Trinajstić information content (AvgIpc) is 3.38. The summed E-state index contributed by atoms with van der Waals surface area (Å²) < 4.78 is 12.3. The summed E-state index contributed by atoms with van der Waals surface area (Å²) in [4.78, 5) is 39.1. The van der Waals surface area contributed by atoms with E-state index in [2.05, 4.69) is 6.92 Å². The van der Waals surface area contributed by atoms with Gasteiger partial charge in [0, 0.05) is 48.9 Å². The number of ether oxygens (including phenoxy) is 2. The maximum Gasteiger partial charge on any atom is 0.306 e. The van der Waals surface area contributed by atoms with E-state index in [9.17, 15) is 29.7 Å². The van der Waals surface area contributed by atoms with Crippen LogP contribution in [0.2, 0.25) is 0 Å². The minimum atomic E-state index is -1.93. The summed E-state index contributed by atoms with van der Waals surface area (Å²) in [5.74, 6) is -4.29. The van der Waals surface area contributed by atoms with Crippen LogP contribution in [0.5, 0.6) is 0 Å². The van der Waals surface area contributed by atoms with Crippen LogP contribution in [0.15, 0.2) is 23.3 Å². The number of hydrogen-bond acceptors (Lipinski definition) is 8. The van der Waals surface area contributed by atoms with Gasteiger partial charge in [-0.05, 0) is 24.5 Å². The van der Waals surface area contributed by atoms with Crippen molar-refractivity contribution >= 4 is 17.7 Å². The third-order valence-electron chi connectivity index (χ3n) is 11.5. The number of unbranched alkanes of at least 4 members (excludes halogenated alkanes) is 10. The van der Waals surface area contributed by atoms with Gasteiger partial charge < -0.3 is 24.8 Å². The Morgan fingerprint density at radius 3 is 2.07 bits per heavy atom. The Hall–Kier alpha value is -2.03. The third-order valence-corrected chi connectivity index (χ3v) is 11.5. The van der Waals surface area contributed by atoms with Crippen LogP contribution in [0.3, 0.4) is 0 Å². The molecule has 2 fully saturated rings. The first-order chi connectivity index (χ1) is 20.7. The zero-order valence-corrected chi connectivity index (χ0v) is 27.8. The Morgan fingerprint density at radius 2 is 1.52 bits per heavy atom. The molecular weight excluding hydrogens is 560 g/mol. The minimum Gasteiger partial charge on any atom is -0.458 e. The van der Waals surface area contributed by atoms with Gasteiger partial charge in [-0.15, -0.1) is 0 Å². The van der Waals surface area contributed by atoms with E-state index in [4.69, 9.17) is 9.47 Å². The van der Waals surface area contributed by atoms with Crippen molar-refractivity contribution in [3.05, 3.63) is 23.3 Å². The van der Waals surface area contributed by atoms with Crippen LogP contribution in [0.25, 0.3) is 0 Å². The number of esters is 2. The van der Waals surface area contributed by atoms with E-state index in [0.717, 1.165) is 19.3 Å². The lowest BCUT2D eigenvalue weighted by molar-refractivity contribution is -0.228. The molecule has 0 spiro atoms. The van der Waals surface area contributed by atoms with Gasteiger partial charge in [0.05, 0.1) is 12.2 Å². The quantitative estimate of drug-likeness (QED) is 0.120. The van der Waals surface area contributed by atoms with Crippen molar-refractivity contribution in [1.29, 1.82) is 0 Å². The number of carbonyl (C=O) groups excluding carboxylic acids is 3. The Kier molecular flexibility index (Phi) is 10.6. The van der Waals surface area contributed by atoms with Gasteiger partial charge in [0.25, 0.3) is 0 Å². The second-order valence-electron chi connectivity index (χ2n) is 14.7. The highest BCUT2D eigenvalue weighted by Gasteiger charge is 2.87. The first-order valence-electron chi connectivity index (χ1n) is 17.1. The molecule has 3 N–H and O–H groups in total. The molecule has 44 heavy (non-hydrogen) atoms. The van der Waals surface area contributed by atoms with E-state index in [1.807, 2.05) is 13.8 Å². The van der Waals surface area contributed by atoms with Gasteiger partial charge >= 0.3 is 11.9 Å². The highest BCUT2D eigenvalue weighted by atomic mass is 16.6. The number of rotatable bonds is 15. The molecule has 4 aliphatic rings. The summed E-state index contributed by atoms with van der Waals surface area (Å²) >= 11 is 0. The summed E-state index contributed by atoms with van der Waals surface area (Å²) in [6, 6.07) is 0. The van der Waals surface area contributed by atoms with Crippen LogP contribution in [0.1, 0.15) is 125 Å². The third kappa shape index (κ3) is 5.84. The van der Waals surface area contributed by atoms with E-state index < -0.39 is 69.7 Å². The molecule has 0 aromatic carbocycles. The highest BCUT2D eigenvalue weighted by molar-refractivity contribution is 6.04. The van der Waals surface area contributed by atoms with Crippen LogP contribution in [-0.4, -0.2) is 62.6 Å². The molecule has 4 aliphatic carbocycles. The highest BCUT2D eigenvalue weighted by Crippen LogP contribution is 2.77. The van der Waals surface area contributed by atoms with Crippen LogP contribution >= 0.6 is 0 Å². The number of aliphatic hydroxyl groups is 3. The number of fused-ring (bicyclic) bond motifs is 5. The molecule has 2 saturated carbocycles. The van der Waals surface area contributed by atoms with Crippen molar-refractivity contribution in [2.45, 2.75) is 148 Å². The number of Topliss-reactive ketones (excluding diaryl/α,β-unsaturated/α-hetero) is 1. The molecule has 0 saturated heterocycles. The van der Waals surface area contributed by atoms with Crippen molar-refractivity contribution in [2.75, 3.05) is 6.61 Å². The zero-order chi connectivity index (χ0) is 32.5. The molecule has 0 unspecified atom stereocenters. The van der Waals surface area contributed by atoms with E-state index >= 15 is 0 Å². The predicted molar refractivity (Wildman–Crippen MR) is 167 cm³/mol.